The highest BCUT2D eigenvalue weighted by Crippen LogP contribution is 2.45. The molecule has 0 aromatic heterocycles. The number of hydrogen-bond donors (Lipinski definition) is 3. The van der Waals surface area contributed by atoms with Gasteiger partial charge in [0.15, 0.2) is 0 Å². The number of piperidine rings is 1. The van der Waals surface area contributed by atoms with E-state index in [2.05, 4.69) is 26.9 Å². The van der Waals surface area contributed by atoms with E-state index in [1.54, 1.807) is 0 Å². The molecule has 2 atom stereocenters. The lowest BCUT2D eigenvalue weighted by molar-refractivity contribution is -0.122. The van der Waals surface area contributed by atoms with Gasteiger partial charge in [0.05, 0.1) is 18.4 Å². The van der Waals surface area contributed by atoms with Gasteiger partial charge in [-0.1, -0.05) is 12.2 Å². The molecule has 7 nitrogen and oxygen atoms in total. The maximum atomic E-state index is 12.8. The number of hydrogen-bond acceptors (Lipinski definition) is 5. The van der Waals surface area contributed by atoms with E-state index in [9.17, 15) is 9.59 Å². The Morgan fingerprint density at radius 2 is 1.88 bits per heavy atom. The molecule has 0 radical (unpaired) electrons. The predicted octanol–water partition coefficient (Wildman–Crippen LogP) is 2.01. The number of anilines is 1. The number of carbonyl (C=O) groups excluding carboxylic acids is 2. The quantitative estimate of drug-likeness (QED) is 0.601. The first-order chi connectivity index (χ1) is 15.6. The fourth-order valence-corrected chi connectivity index (χ4v) is 5.03. The summed E-state index contributed by atoms with van der Waals surface area (Å²) in [5.74, 6) is 0.661. The largest absolute Gasteiger partial charge is 0.372 e. The van der Waals surface area contributed by atoms with Crippen molar-refractivity contribution in [1.82, 2.24) is 20.9 Å². The molecular weight excluding hydrogens is 402 g/mol. The fraction of sp³-hybridized carbons (Fsp3) is 0.440. The van der Waals surface area contributed by atoms with Gasteiger partial charge in [0, 0.05) is 30.4 Å². The molecule has 1 aliphatic carbocycles. The maximum Gasteiger partial charge on any atom is 0.271 e. The van der Waals surface area contributed by atoms with Gasteiger partial charge in [-0.2, -0.15) is 0 Å². The summed E-state index contributed by atoms with van der Waals surface area (Å²) in [6.45, 7) is 2.82. The van der Waals surface area contributed by atoms with Gasteiger partial charge in [-0.05, 0) is 68.5 Å². The van der Waals surface area contributed by atoms with Gasteiger partial charge in [0.2, 0.25) is 0 Å². The third-order valence-corrected chi connectivity index (χ3v) is 7.13. The summed E-state index contributed by atoms with van der Waals surface area (Å²) >= 11 is 0. The first-order valence-corrected chi connectivity index (χ1v) is 11.8. The Morgan fingerprint density at radius 1 is 1.09 bits per heavy atom. The Hall–Kier alpha value is -3.22. The molecule has 1 aromatic carbocycles. The van der Waals surface area contributed by atoms with Crippen LogP contribution in [-0.2, 0) is 4.79 Å². The number of nitrogens with one attached hydrogen (secondary N) is 3. The van der Waals surface area contributed by atoms with E-state index >= 15 is 0 Å². The third-order valence-electron chi connectivity index (χ3n) is 7.13. The van der Waals surface area contributed by atoms with E-state index in [0.29, 0.717) is 23.8 Å². The number of nitrogens with zero attached hydrogens (tertiary/aromatic N) is 2. The van der Waals surface area contributed by atoms with E-state index in [1.807, 2.05) is 47.4 Å². The minimum absolute atomic E-state index is 0.00377. The molecule has 2 unspecified atom stereocenters. The highest BCUT2D eigenvalue weighted by molar-refractivity contribution is 6.06. The lowest BCUT2D eigenvalue weighted by atomic mass is 9.97. The van der Waals surface area contributed by atoms with E-state index in [-0.39, 0.29) is 23.4 Å². The van der Waals surface area contributed by atoms with Crippen LogP contribution in [0.5, 0.6) is 0 Å². The Bertz CT molecular complexity index is 1030. The summed E-state index contributed by atoms with van der Waals surface area (Å²) in [6.07, 6.45) is 14.2. The van der Waals surface area contributed by atoms with Crippen molar-refractivity contribution in [2.45, 2.75) is 49.7 Å². The predicted molar refractivity (Wildman–Crippen MR) is 123 cm³/mol. The van der Waals surface area contributed by atoms with Crippen molar-refractivity contribution in [2.24, 2.45) is 0 Å². The summed E-state index contributed by atoms with van der Waals surface area (Å²) in [5.41, 5.74) is 1.71. The van der Waals surface area contributed by atoms with Gasteiger partial charge in [-0.15, -0.1) is 0 Å². The lowest BCUT2D eigenvalue weighted by Gasteiger charge is -2.28. The first kappa shape index (κ1) is 19.5. The summed E-state index contributed by atoms with van der Waals surface area (Å²) in [7, 11) is 0. The van der Waals surface area contributed by atoms with Crippen LogP contribution >= 0.6 is 0 Å². The highest BCUT2D eigenvalue weighted by atomic mass is 16.2. The van der Waals surface area contributed by atoms with Crippen molar-refractivity contribution in [3.05, 3.63) is 65.7 Å². The number of fused-ring (bicyclic) bond motifs is 1. The van der Waals surface area contributed by atoms with Crippen molar-refractivity contribution in [3.8, 4) is 0 Å². The van der Waals surface area contributed by atoms with Crippen LogP contribution in [0.1, 0.15) is 42.5 Å². The molecule has 2 saturated heterocycles. The second kappa shape index (κ2) is 7.43. The summed E-state index contributed by atoms with van der Waals surface area (Å²) in [6, 6.07) is 8.27. The molecule has 1 saturated carbocycles. The monoisotopic (exact) mass is 431 g/mol. The zero-order valence-corrected chi connectivity index (χ0v) is 18.1. The summed E-state index contributed by atoms with van der Waals surface area (Å²) in [4.78, 5) is 29.9. The van der Waals surface area contributed by atoms with Crippen LogP contribution in [0.3, 0.4) is 0 Å². The molecule has 0 bridgehead atoms. The highest BCUT2D eigenvalue weighted by Gasteiger charge is 2.63. The molecule has 5 aliphatic rings. The molecule has 4 aliphatic heterocycles. The van der Waals surface area contributed by atoms with Crippen molar-refractivity contribution in [2.75, 3.05) is 24.5 Å². The number of carbonyl (C=O) groups is 2. The topological polar surface area (TPSA) is 76.5 Å². The van der Waals surface area contributed by atoms with Gasteiger partial charge in [0.1, 0.15) is 11.2 Å². The van der Waals surface area contributed by atoms with Crippen LogP contribution in [0.2, 0.25) is 0 Å². The van der Waals surface area contributed by atoms with Crippen molar-refractivity contribution >= 4 is 17.5 Å². The molecule has 3 fully saturated rings. The smallest absolute Gasteiger partial charge is 0.271 e. The molecule has 4 heterocycles. The molecule has 0 spiro atoms. The van der Waals surface area contributed by atoms with Gasteiger partial charge < -0.3 is 25.8 Å². The maximum absolute atomic E-state index is 12.8. The molecule has 32 heavy (non-hydrogen) atoms. The van der Waals surface area contributed by atoms with E-state index < -0.39 is 0 Å². The fourth-order valence-electron chi connectivity index (χ4n) is 5.03. The average molecular weight is 432 g/mol. The van der Waals surface area contributed by atoms with Crippen LogP contribution in [0.4, 0.5) is 5.69 Å². The Balaban J connectivity index is 1.12. The third kappa shape index (κ3) is 3.45. The lowest BCUT2D eigenvalue weighted by Crippen LogP contribution is -2.45. The normalized spacial score (nSPS) is 28.5. The van der Waals surface area contributed by atoms with Crippen molar-refractivity contribution < 1.29 is 9.59 Å². The van der Waals surface area contributed by atoms with Gasteiger partial charge in [0.25, 0.3) is 11.8 Å². The van der Waals surface area contributed by atoms with Crippen molar-refractivity contribution in [1.29, 1.82) is 0 Å². The van der Waals surface area contributed by atoms with Crippen LogP contribution < -0.4 is 20.9 Å². The molecule has 1 aromatic rings. The Kier molecular flexibility index (Phi) is 4.52. The Morgan fingerprint density at radius 3 is 2.62 bits per heavy atom. The molecule has 166 valence electrons. The number of allylic oxidation sites excluding steroid dienone is 2. The molecule has 6 rings (SSSR count). The minimum Gasteiger partial charge on any atom is -0.372 e. The van der Waals surface area contributed by atoms with Crippen molar-refractivity contribution in [3.63, 3.8) is 0 Å². The minimum atomic E-state index is -0.390. The van der Waals surface area contributed by atoms with Crippen LogP contribution in [0.25, 0.3) is 0 Å². The average Bonchev–Trinajstić information content (AvgIpc) is 3.75. The van der Waals surface area contributed by atoms with Gasteiger partial charge >= 0.3 is 0 Å². The van der Waals surface area contributed by atoms with E-state index in [4.69, 9.17) is 0 Å². The summed E-state index contributed by atoms with van der Waals surface area (Å²) in [5, 5.41) is 9.86. The molecular formula is C25H29N5O2. The van der Waals surface area contributed by atoms with Gasteiger partial charge in [-0.3, -0.25) is 9.59 Å². The second-order valence-electron chi connectivity index (χ2n) is 9.50. The van der Waals surface area contributed by atoms with Gasteiger partial charge in [-0.25, -0.2) is 0 Å². The number of dihydropyridines is 1. The first-order valence-electron chi connectivity index (χ1n) is 11.8. The second-order valence-corrected chi connectivity index (χ2v) is 9.50. The zero-order chi connectivity index (χ0) is 21.7. The molecule has 2 amide bonds. The number of rotatable bonds is 6. The Labute approximate surface area is 188 Å². The van der Waals surface area contributed by atoms with Crippen LogP contribution in [-0.4, -0.2) is 54.0 Å². The SMILES string of the molecule is O=C(NC1=CC2(C3C=CC=C(NC4CC4)N3)CN2C1=O)c1ccc(N2CCCCC2)cc1. The van der Waals surface area contributed by atoms with E-state index in [1.165, 1.54) is 32.1 Å². The van der Waals surface area contributed by atoms with Crippen LogP contribution in [0.15, 0.2) is 60.1 Å². The zero-order valence-electron chi connectivity index (χ0n) is 18.1. The van der Waals surface area contributed by atoms with E-state index in [0.717, 1.165) is 24.6 Å². The number of benzene rings is 1. The molecule has 7 heteroatoms. The molecule has 3 N–H and O–H groups in total. The summed E-state index contributed by atoms with van der Waals surface area (Å²) < 4.78 is 0. The number of amides is 2. The standard InChI is InChI=1S/C25H29N5O2/c31-23(17-7-11-19(12-8-17)29-13-2-1-3-14-29)27-20-15-25(16-30(25)24(20)32)21-5-4-6-22(28-21)26-18-9-10-18/h4-8,11-12,15,18,21,26,28H,1-3,9-10,13-14,16H2,(H,27,31). The van der Waals surface area contributed by atoms with Crippen LogP contribution in [0, 0.1) is 0 Å².